The minimum absolute atomic E-state index is 0.0661. The van der Waals surface area contributed by atoms with Crippen LogP contribution in [-0.2, 0) is 4.79 Å². The Kier molecular flexibility index (Phi) is 6.89. The lowest BCUT2D eigenvalue weighted by molar-refractivity contribution is -0.135. The first-order chi connectivity index (χ1) is 16.0. The van der Waals surface area contributed by atoms with Crippen molar-refractivity contribution >= 4 is 34.7 Å². The zero-order chi connectivity index (χ0) is 23.4. The number of nitrogens with zero attached hydrogens (tertiary/aromatic N) is 2. The maximum atomic E-state index is 13.4. The van der Waals surface area contributed by atoms with Gasteiger partial charge in [-0.15, -0.1) is 11.3 Å². The number of amides is 3. The van der Waals surface area contributed by atoms with Gasteiger partial charge in [0.05, 0.1) is 10.9 Å². The van der Waals surface area contributed by atoms with Crippen LogP contribution in [0.25, 0.3) is 0 Å². The van der Waals surface area contributed by atoms with E-state index in [1.165, 1.54) is 11.3 Å². The van der Waals surface area contributed by atoms with E-state index in [-0.39, 0.29) is 23.8 Å². The molecule has 2 atom stereocenters. The molecule has 1 aromatic heterocycles. The molecular weight excluding hydrogens is 434 g/mol. The first kappa shape index (κ1) is 22.7. The van der Waals surface area contributed by atoms with Crippen LogP contribution in [-0.4, -0.2) is 47.2 Å². The second-order valence-corrected chi connectivity index (χ2v) is 9.15. The molecule has 3 aromatic rings. The highest BCUT2D eigenvalue weighted by atomic mass is 32.1. The molecule has 1 fully saturated rings. The van der Waals surface area contributed by atoms with E-state index in [1.54, 1.807) is 35.0 Å². The highest BCUT2D eigenvalue weighted by molar-refractivity contribution is 7.12. The average molecular weight is 462 g/mol. The standard InChI is InChI=1S/C26H27N3O3S/c1-18(20-11-6-12-21(17-20)27-24(30)19-9-4-3-5-10-19)28(2)25(31)22-13-7-15-29(22)26(32)23-14-8-16-33-23/h3-6,8-12,14,16-18,22H,7,13,15H2,1-2H3,(H,27,30)/t18-,22+/m1/s1. The van der Waals surface area contributed by atoms with E-state index < -0.39 is 6.04 Å². The maximum Gasteiger partial charge on any atom is 0.264 e. The molecule has 0 aliphatic carbocycles. The Morgan fingerprint density at radius 3 is 2.58 bits per heavy atom. The Balaban J connectivity index is 1.45. The molecule has 0 unspecified atom stereocenters. The summed E-state index contributed by atoms with van der Waals surface area (Å²) < 4.78 is 0. The average Bonchev–Trinajstić information content (AvgIpc) is 3.55. The van der Waals surface area contributed by atoms with Gasteiger partial charge in [-0.2, -0.15) is 0 Å². The van der Waals surface area contributed by atoms with Gasteiger partial charge < -0.3 is 15.1 Å². The van der Waals surface area contributed by atoms with E-state index in [9.17, 15) is 14.4 Å². The van der Waals surface area contributed by atoms with Gasteiger partial charge in [-0.1, -0.05) is 36.4 Å². The van der Waals surface area contributed by atoms with Crippen LogP contribution >= 0.6 is 11.3 Å². The third kappa shape index (κ3) is 4.98. The lowest BCUT2D eigenvalue weighted by atomic mass is 10.0. The van der Waals surface area contributed by atoms with Crippen LogP contribution in [0.5, 0.6) is 0 Å². The molecule has 1 saturated heterocycles. The fraction of sp³-hybridized carbons (Fsp3) is 0.269. The largest absolute Gasteiger partial charge is 0.337 e. The number of carbonyl (C=O) groups excluding carboxylic acids is 3. The Labute approximate surface area is 197 Å². The summed E-state index contributed by atoms with van der Waals surface area (Å²) in [6.07, 6.45) is 1.48. The first-order valence-corrected chi connectivity index (χ1v) is 11.9. The topological polar surface area (TPSA) is 69.7 Å². The fourth-order valence-electron chi connectivity index (χ4n) is 4.13. The predicted molar refractivity (Wildman–Crippen MR) is 130 cm³/mol. The number of nitrogens with one attached hydrogen (secondary N) is 1. The molecule has 2 heterocycles. The maximum absolute atomic E-state index is 13.4. The van der Waals surface area contributed by atoms with Crippen molar-refractivity contribution in [3.63, 3.8) is 0 Å². The lowest BCUT2D eigenvalue weighted by Gasteiger charge is -2.31. The summed E-state index contributed by atoms with van der Waals surface area (Å²) in [5.74, 6) is -0.324. The van der Waals surface area contributed by atoms with Crippen LogP contribution in [0.3, 0.4) is 0 Å². The zero-order valence-electron chi connectivity index (χ0n) is 18.7. The molecule has 4 rings (SSSR count). The molecule has 0 saturated carbocycles. The molecule has 1 aliphatic heterocycles. The third-order valence-electron chi connectivity index (χ3n) is 6.12. The molecular formula is C26H27N3O3S. The van der Waals surface area contributed by atoms with Crippen molar-refractivity contribution in [1.82, 2.24) is 9.80 Å². The van der Waals surface area contributed by atoms with E-state index in [0.717, 1.165) is 12.0 Å². The minimum Gasteiger partial charge on any atom is -0.337 e. The third-order valence-corrected chi connectivity index (χ3v) is 6.98. The number of likely N-dealkylation sites (tertiary alicyclic amines) is 1. The number of benzene rings is 2. The van der Waals surface area contributed by atoms with Crippen molar-refractivity contribution in [2.24, 2.45) is 0 Å². The number of carbonyl (C=O) groups is 3. The summed E-state index contributed by atoms with van der Waals surface area (Å²) in [6, 6.07) is 19.5. The van der Waals surface area contributed by atoms with E-state index >= 15 is 0 Å². The van der Waals surface area contributed by atoms with E-state index in [2.05, 4.69) is 5.32 Å². The molecule has 1 aliphatic rings. The lowest BCUT2D eigenvalue weighted by Crippen LogP contribution is -2.47. The summed E-state index contributed by atoms with van der Waals surface area (Å²) in [5, 5.41) is 4.79. The van der Waals surface area contributed by atoms with Gasteiger partial charge >= 0.3 is 0 Å². The Bertz CT molecular complexity index is 1130. The molecule has 6 nitrogen and oxygen atoms in total. The Morgan fingerprint density at radius 2 is 1.85 bits per heavy atom. The van der Waals surface area contributed by atoms with Gasteiger partial charge in [0.1, 0.15) is 6.04 Å². The molecule has 33 heavy (non-hydrogen) atoms. The summed E-state index contributed by atoms with van der Waals surface area (Å²) in [6.45, 7) is 2.55. The summed E-state index contributed by atoms with van der Waals surface area (Å²) in [7, 11) is 1.77. The number of likely N-dealkylation sites (N-methyl/N-ethyl adjacent to an activating group) is 1. The SMILES string of the molecule is C[C@H](c1cccc(NC(=O)c2ccccc2)c1)N(C)C(=O)[C@@H]1CCCN1C(=O)c1cccs1. The van der Waals surface area contributed by atoms with E-state index in [0.29, 0.717) is 29.1 Å². The molecule has 2 aromatic carbocycles. The van der Waals surface area contributed by atoms with Crippen molar-refractivity contribution < 1.29 is 14.4 Å². The van der Waals surface area contributed by atoms with Crippen LogP contribution < -0.4 is 5.32 Å². The van der Waals surface area contributed by atoms with Crippen LogP contribution in [0, 0.1) is 0 Å². The number of anilines is 1. The van der Waals surface area contributed by atoms with Gasteiger partial charge in [-0.05, 0) is 61.0 Å². The fourth-order valence-corrected chi connectivity index (χ4v) is 4.81. The quantitative estimate of drug-likeness (QED) is 0.572. The normalized spacial score (nSPS) is 16.3. The summed E-state index contributed by atoms with van der Waals surface area (Å²) in [4.78, 5) is 42.8. The highest BCUT2D eigenvalue weighted by Crippen LogP contribution is 2.28. The molecule has 0 bridgehead atoms. The van der Waals surface area contributed by atoms with Gasteiger partial charge in [-0.3, -0.25) is 14.4 Å². The van der Waals surface area contributed by atoms with Gasteiger partial charge in [0, 0.05) is 24.8 Å². The van der Waals surface area contributed by atoms with Gasteiger partial charge in [0.2, 0.25) is 5.91 Å². The van der Waals surface area contributed by atoms with E-state index in [1.807, 2.05) is 60.8 Å². The Hall–Kier alpha value is -3.45. The van der Waals surface area contributed by atoms with Crippen molar-refractivity contribution in [1.29, 1.82) is 0 Å². The monoisotopic (exact) mass is 461 g/mol. The first-order valence-electron chi connectivity index (χ1n) is 11.0. The molecule has 1 N–H and O–H groups in total. The molecule has 0 radical (unpaired) electrons. The van der Waals surface area contributed by atoms with Crippen LogP contribution in [0.1, 0.15) is 51.4 Å². The van der Waals surface area contributed by atoms with E-state index in [4.69, 9.17) is 0 Å². The highest BCUT2D eigenvalue weighted by Gasteiger charge is 2.37. The van der Waals surface area contributed by atoms with Crippen molar-refractivity contribution in [2.75, 3.05) is 18.9 Å². The molecule has 0 spiro atoms. The molecule has 170 valence electrons. The second kappa shape index (κ2) is 10.0. The number of hydrogen-bond donors (Lipinski definition) is 1. The predicted octanol–water partition coefficient (Wildman–Crippen LogP) is 4.82. The summed E-state index contributed by atoms with van der Waals surface area (Å²) in [5.41, 5.74) is 2.16. The van der Waals surface area contributed by atoms with Crippen LogP contribution in [0.2, 0.25) is 0 Å². The Morgan fingerprint density at radius 1 is 1.06 bits per heavy atom. The molecule has 3 amide bonds. The van der Waals surface area contributed by atoms with Gasteiger partial charge in [0.15, 0.2) is 0 Å². The van der Waals surface area contributed by atoms with Crippen LogP contribution in [0.4, 0.5) is 5.69 Å². The second-order valence-electron chi connectivity index (χ2n) is 8.20. The van der Waals surface area contributed by atoms with Crippen molar-refractivity contribution in [3.8, 4) is 0 Å². The van der Waals surface area contributed by atoms with Crippen molar-refractivity contribution in [3.05, 3.63) is 88.1 Å². The van der Waals surface area contributed by atoms with Crippen LogP contribution in [0.15, 0.2) is 72.1 Å². The van der Waals surface area contributed by atoms with Crippen molar-refractivity contribution in [2.45, 2.75) is 31.8 Å². The van der Waals surface area contributed by atoms with Gasteiger partial charge in [-0.25, -0.2) is 0 Å². The van der Waals surface area contributed by atoms with Gasteiger partial charge in [0.25, 0.3) is 11.8 Å². The number of rotatable bonds is 6. The molecule has 7 heteroatoms. The summed E-state index contributed by atoms with van der Waals surface area (Å²) >= 11 is 1.40. The zero-order valence-corrected chi connectivity index (χ0v) is 19.5. The smallest absolute Gasteiger partial charge is 0.264 e. The minimum atomic E-state index is -0.451. The number of thiophene rings is 1. The number of hydrogen-bond acceptors (Lipinski definition) is 4.